The fourth-order valence-electron chi connectivity index (χ4n) is 5.56. The van der Waals surface area contributed by atoms with Crippen LogP contribution in [0, 0.1) is 0 Å². The molecule has 2 unspecified atom stereocenters. The van der Waals surface area contributed by atoms with Crippen LogP contribution < -0.4 is 0 Å². The van der Waals surface area contributed by atoms with Gasteiger partial charge in [0.05, 0.1) is 25.9 Å². The van der Waals surface area contributed by atoms with Crippen molar-refractivity contribution >= 4 is 27.6 Å². The lowest BCUT2D eigenvalue weighted by Crippen LogP contribution is -2.30. The van der Waals surface area contributed by atoms with Crippen LogP contribution in [0.2, 0.25) is 0 Å². The second-order valence-electron chi connectivity index (χ2n) is 14.8. The molecule has 60 heavy (non-hydrogen) atoms. The van der Waals surface area contributed by atoms with Gasteiger partial charge in [-0.2, -0.15) is 0 Å². The number of aliphatic hydroxyl groups is 2. The second kappa shape index (κ2) is 39.6. The molecule has 5 N–H and O–H groups in total. The normalized spacial score (nSPS) is 15.1. The van der Waals surface area contributed by atoms with Gasteiger partial charge in [-0.1, -0.05) is 139 Å². The van der Waals surface area contributed by atoms with Crippen LogP contribution in [0.25, 0.3) is 0 Å². The van der Waals surface area contributed by atoms with Crippen LogP contribution in [0.15, 0.2) is 60.8 Å². The minimum atomic E-state index is -4.89. The van der Waals surface area contributed by atoms with Crippen LogP contribution in [-0.2, 0) is 41.8 Å². The standard InChI is InChI=1S/C44H78O14P2/c1-3-5-7-9-11-13-15-17-18-20-22-24-26-28-30-34-43(47)54-38-42(39-57-60(52,53)56-37-41(46)36-55-59(49,50)51)58-44(48)35-31-33-40(45)32-29-27-25-23-21-19-16-14-12-10-8-6-4-2/h11,13,17-19,21,25,27,29,32,40-42,45-46H,3-10,12,14-16,20,22-24,26,28,30-31,33-39H2,1-2H3,(H,52,53)(H2,49,50,51)/b13-11-,18-17-,21-19+,27-25+,32-29+/t40?,41-,42+/m0/s1. The molecule has 0 heterocycles. The molecule has 0 fully saturated rings. The summed E-state index contributed by atoms with van der Waals surface area (Å²) in [5.74, 6) is -1.25. The molecule has 0 saturated carbocycles. The Labute approximate surface area is 360 Å². The fourth-order valence-corrected chi connectivity index (χ4v) is 6.72. The molecule has 0 radical (unpaired) electrons. The Hall–Kier alpha value is -2.22. The maximum absolute atomic E-state index is 12.7. The van der Waals surface area contributed by atoms with E-state index in [-0.39, 0.29) is 25.7 Å². The van der Waals surface area contributed by atoms with E-state index < -0.39 is 72.3 Å². The summed E-state index contributed by atoms with van der Waals surface area (Å²) in [4.78, 5) is 52.7. The highest BCUT2D eigenvalue weighted by Gasteiger charge is 2.28. The smallest absolute Gasteiger partial charge is 0.462 e. The van der Waals surface area contributed by atoms with E-state index in [1.807, 2.05) is 12.2 Å². The first kappa shape index (κ1) is 57.8. The molecule has 0 aliphatic carbocycles. The Morgan fingerprint density at radius 2 is 1.05 bits per heavy atom. The van der Waals surface area contributed by atoms with Gasteiger partial charge in [-0.15, -0.1) is 0 Å². The summed E-state index contributed by atoms with van der Waals surface area (Å²) in [6, 6.07) is 0. The van der Waals surface area contributed by atoms with Gasteiger partial charge in [0.1, 0.15) is 12.7 Å². The van der Waals surface area contributed by atoms with Crippen molar-refractivity contribution in [2.45, 2.75) is 180 Å². The van der Waals surface area contributed by atoms with E-state index in [0.717, 1.165) is 57.8 Å². The number of carbonyl (C=O) groups is 2. The third kappa shape index (κ3) is 42.5. The quantitative estimate of drug-likeness (QED) is 0.0127. The number of unbranched alkanes of at least 4 members (excludes halogenated alkanes) is 14. The highest BCUT2D eigenvalue weighted by Crippen LogP contribution is 2.43. The van der Waals surface area contributed by atoms with Crippen molar-refractivity contribution in [1.82, 2.24) is 0 Å². The lowest BCUT2D eigenvalue weighted by atomic mass is 10.1. The van der Waals surface area contributed by atoms with Crippen LogP contribution >= 0.6 is 15.6 Å². The molecular weight excluding hydrogens is 814 g/mol. The van der Waals surface area contributed by atoms with Gasteiger partial charge >= 0.3 is 27.6 Å². The summed E-state index contributed by atoms with van der Waals surface area (Å²) in [7, 11) is -9.75. The average molecular weight is 893 g/mol. The van der Waals surface area contributed by atoms with Crippen molar-refractivity contribution in [3.63, 3.8) is 0 Å². The number of aliphatic hydroxyl groups excluding tert-OH is 2. The van der Waals surface area contributed by atoms with Gasteiger partial charge in [-0.3, -0.25) is 23.2 Å². The summed E-state index contributed by atoms with van der Waals surface area (Å²) in [5, 5.41) is 20.0. The second-order valence-corrected chi connectivity index (χ2v) is 17.5. The SMILES string of the molecule is CCCCC/C=C\C/C=C\CCCCCCCC(=O)OC[C@H](COP(=O)(O)OC[C@@H](O)COP(=O)(O)O)OC(=O)CCCC(O)/C=C/C=C/C/C=C/CCCCCCCC. The van der Waals surface area contributed by atoms with Crippen molar-refractivity contribution in [3.05, 3.63) is 60.8 Å². The van der Waals surface area contributed by atoms with Gasteiger partial charge < -0.3 is 34.4 Å². The molecule has 0 spiro atoms. The zero-order valence-corrected chi connectivity index (χ0v) is 38.2. The molecule has 16 heteroatoms. The van der Waals surface area contributed by atoms with Gasteiger partial charge in [0.2, 0.25) is 0 Å². The molecule has 0 aromatic heterocycles. The number of phosphoric ester groups is 2. The summed E-state index contributed by atoms with van der Waals surface area (Å²) >= 11 is 0. The van der Waals surface area contributed by atoms with E-state index >= 15 is 0 Å². The van der Waals surface area contributed by atoms with Crippen LogP contribution in [0.1, 0.15) is 162 Å². The molecule has 0 aliphatic rings. The summed E-state index contributed by atoms with van der Waals surface area (Å²) in [6.07, 6.45) is 38.1. The minimum absolute atomic E-state index is 0.0976. The number of hydrogen-bond acceptors (Lipinski definition) is 11. The van der Waals surface area contributed by atoms with E-state index in [0.29, 0.717) is 6.42 Å². The van der Waals surface area contributed by atoms with Gasteiger partial charge in [0.15, 0.2) is 6.10 Å². The molecule has 0 rings (SSSR count). The van der Waals surface area contributed by atoms with Gasteiger partial charge in [0.25, 0.3) is 0 Å². The third-order valence-corrected chi connectivity index (χ3v) is 10.4. The zero-order chi connectivity index (χ0) is 44.6. The molecule has 0 aliphatic heterocycles. The lowest BCUT2D eigenvalue weighted by molar-refractivity contribution is -0.161. The number of ether oxygens (including phenoxy) is 2. The molecule has 4 atom stereocenters. The molecule has 348 valence electrons. The van der Waals surface area contributed by atoms with Crippen LogP contribution in [0.4, 0.5) is 0 Å². The van der Waals surface area contributed by atoms with Crippen molar-refractivity contribution in [1.29, 1.82) is 0 Å². The average Bonchev–Trinajstić information content (AvgIpc) is 3.20. The molecular formula is C44H78O14P2. The van der Waals surface area contributed by atoms with Crippen LogP contribution in [-0.4, -0.2) is 81.6 Å². The first-order valence-electron chi connectivity index (χ1n) is 22.1. The number of esters is 2. The van der Waals surface area contributed by atoms with Gasteiger partial charge in [0, 0.05) is 12.8 Å². The number of phosphoric acid groups is 2. The number of rotatable bonds is 41. The van der Waals surface area contributed by atoms with E-state index in [9.17, 15) is 33.8 Å². The number of carbonyl (C=O) groups excluding carboxylic acids is 2. The number of hydrogen-bond donors (Lipinski definition) is 5. The van der Waals surface area contributed by atoms with Crippen molar-refractivity contribution in [2.24, 2.45) is 0 Å². The van der Waals surface area contributed by atoms with Gasteiger partial charge in [-0.05, 0) is 70.6 Å². The third-order valence-electron chi connectivity index (χ3n) is 8.97. The van der Waals surface area contributed by atoms with Crippen LogP contribution in [0.5, 0.6) is 0 Å². The number of allylic oxidation sites excluding steroid dienone is 9. The zero-order valence-electron chi connectivity index (χ0n) is 36.4. The molecule has 0 amide bonds. The molecule has 14 nitrogen and oxygen atoms in total. The van der Waals surface area contributed by atoms with E-state index in [1.165, 1.54) is 57.8 Å². The maximum atomic E-state index is 12.7. The lowest BCUT2D eigenvalue weighted by Gasteiger charge is -2.20. The Kier molecular flexibility index (Phi) is 38.1. The van der Waals surface area contributed by atoms with Crippen LogP contribution in [0.3, 0.4) is 0 Å². The van der Waals surface area contributed by atoms with E-state index in [1.54, 1.807) is 12.2 Å². The summed E-state index contributed by atoms with van der Waals surface area (Å²) in [6.45, 7) is 1.49. The molecule has 0 saturated heterocycles. The predicted molar refractivity (Wildman–Crippen MR) is 236 cm³/mol. The van der Waals surface area contributed by atoms with Gasteiger partial charge in [-0.25, -0.2) is 9.13 Å². The van der Waals surface area contributed by atoms with E-state index in [2.05, 4.69) is 59.4 Å². The first-order chi connectivity index (χ1) is 28.8. The van der Waals surface area contributed by atoms with Crippen molar-refractivity contribution in [3.8, 4) is 0 Å². The summed E-state index contributed by atoms with van der Waals surface area (Å²) in [5.41, 5.74) is 0. The Morgan fingerprint density at radius 1 is 0.550 bits per heavy atom. The monoisotopic (exact) mass is 892 g/mol. The molecule has 0 aromatic carbocycles. The van der Waals surface area contributed by atoms with Crippen molar-refractivity contribution < 1.29 is 66.7 Å². The molecule has 0 bridgehead atoms. The highest BCUT2D eigenvalue weighted by molar-refractivity contribution is 7.47. The van der Waals surface area contributed by atoms with E-state index in [4.69, 9.17) is 23.8 Å². The maximum Gasteiger partial charge on any atom is 0.472 e. The predicted octanol–water partition coefficient (Wildman–Crippen LogP) is 10.2. The minimum Gasteiger partial charge on any atom is -0.462 e. The largest absolute Gasteiger partial charge is 0.472 e. The first-order valence-corrected chi connectivity index (χ1v) is 25.1. The molecule has 0 aromatic rings. The Morgan fingerprint density at radius 3 is 1.67 bits per heavy atom. The fraction of sp³-hybridized carbons (Fsp3) is 0.727. The Balaban J connectivity index is 4.73. The topological polar surface area (TPSA) is 216 Å². The summed E-state index contributed by atoms with van der Waals surface area (Å²) < 4.78 is 47.6. The van der Waals surface area contributed by atoms with Crippen molar-refractivity contribution in [2.75, 3.05) is 26.4 Å². The Bertz CT molecular complexity index is 1310. The highest BCUT2D eigenvalue weighted by atomic mass is 31.2.